The van der Waals surface area contributed by atoms with Crippen LogP contribution in [0, 0.1) is 11.8 Å². The molecule has 0 N–H and O–H groups in total. The lowest BCUT2D eigenvalue weighted by molar-refractivity contribution is 0.0897. The zero-order valence-electron chi connectivity index (χ0n) is 11.2. The van der Waals surface area contributed by atoms with Crippen molar-refractivity contribution in [1.29, 1.82) is 0 Å². The summed E-state index contributed by atoms with van der Waals surface area (Å²) >= 11 is 0. The van der Waals surface area contributed by atoms with Crippen molar-refractivity contribution >= 4 is 5.78 Å². The Labute approximate surface area is 110 Å². The van der Waals surface area contributed by atoms with E-state index < -0.39 is 0 Å². The summed E-state index contributed by atoms with van der Waals surface area (Å²) in [6, 6.07) is 8.47. The zero-order chi connectivity index (χ0) is 12.5. The molecular formula is C17H22O. The Morgan fingerprint density at radius 3 is 2.17 bits per heavy atom. The molecule has 0 spiro atoms. The molecule has 0 heterocycles. The Bertz CT molecular complexity index is 427. The highest BCUT2D eigenvalue weighted by Gasteiger charge is 2.30. The van der Waals surface area contributed by atoms with Crippen LogP contribution in [0.25, 0.3) is 0 Å². The SMILES string of the molecule is CC1CCCC1C(=O)c1ccc(C2CCC2)cc1. The van der Waals surface area contributed by atoms with Crippen molar-refractivity contribution < 1.29 is 4.79 Å². The topological polar surface area (TPSA) is 17.1 Å². The van der Waals surface area contributed by atoms with Crippen molar-refractivity contribution in [2.45, 2.75) is 51.4 Å². The molecule has 0 amide bonds. The molecule has 0 bridgehead atoms. The second-order valence-corrected chi connectivity index (χ2v) is 6.13. The van der Waals surface area contributed by atoms with Crippen LogP contribution in [0.4, 0.5) is 0 Å². The Balaban J connectivity index is 1.73. The summed E-state index contributed by atoms with van der Waals surface area (Å²) < 4.78 is 0. The summed E-state index contributed by atoms with van der Waals surface area (Å²) in [7, 11) is 0. The van der Waals surface area contributed by atoms with Crippen LogP contribution < -0.4 is 0 Å². The van der Waals surface area contributed by atoms with Crippen LogP contribution in [0.5, 0.6) is 0 Å². The van der Waals surface area contributed by atoms with Gasteiger partial charge in [0.1, 0.15) is 0 Å². The Kier molecular flexibility index (Phi) is 3.23. The Hall–Kier alpha value is -1.11. The summed E-state index contributed by atoms with van der Waals surface area (Å²) in [5, 5.41) is 0. The summed E-state index contributed by atoms with van der Waals surface area (Å²) in [4.78, 5) is 12.4. The van der Waals surface area contributed by atoms with E-state index in [1.807, 2.05) is 0 Å². The predicted octanol–water partition coefficient (Wildman–Crippen LogP) is 4.57. The van der Waals surface area contributed by atoms with Gasteiger partial charge in [0.05, 0.1) is 0 Å². The molecule has 2 aliphatic carbocycles. The van der Waals surface area contributed by atoms with Gasteiger partial charge >= 0.3 is 0 Å². The molecule has 0 saturated heterocycles. The van der Waals surface area contributed by atoms with E-state index in [0.717, 1.165) is 17.9 Å². The number of ketones is 1. The molecule has 96 valence electrons. The fourth-order valence-electron chi connectivity index (χ4n) is 3.41. The highest BCUT2D eigenvalue weighted by atomic mass is 16.1. The number of carbonyl (C=O) groups is 1. The molecule has 2 fully saturated rings. The molecule has 2 atom stereocenters. The quantitative estimate of drug-likeness (QED) is 0.709. The van der Waals surface area contributed by atoms with Crippen LogP contribution in [0.2, 0.25) is 0 Å². The molecule has 0 radical (unpaired) electrons. The van der Waals surface area contributed by atoms with E-state index in [0.29, 0.717) is 11.7 Å². The van der Waals surface area contributed by atoms with Crippen molar-refractivity contribution in [3.05, 3.63) is 35.4 Å². The predicted molar refractivity (Wildman–Crippen MR) is 73.9 cm³/mol. The Morgan fingerprint density at radius 1 is 1.00 bits per heavy atom. The van der Waals surface area contributed by atoms with Gasteiger partial charge in [-0.3, -0.25) is 4.79 Å². The first-order valence-corrected chi connectivity index (χ1v) is 7.40. The third-order valence-electron chi connectivity index (χ3n) is 4.97. The van der Waals surface area contributed by atoms with E-state index >= 15 is 0 Å². The third-order valence-corrected chi connectivity index (χ3v) is 4.97. The van der Waals surface area contributed by atoms with Gasteiger partial charge in [-0.1, -0.05) is 44.0 Å². The molecular weight excluding hydrogens is 220 g/mol. The molecule has 0 aromatic heterocycles. The molecule has 1 aromatic carbocycles. The van der Waals surface area contributed by atoms with E-state index in [1.165, 1.54) is 37.7 Å². The van der Waals surface area contributed by atoms with E-state index in [-0.39, 0.29) is 5.92 Å². The number of rotatable bonds is 3. The van der Waals surface area contributed by atoms with Crippen molar-refractivity contribution in [3.8, 4) is 0 Å². The average Bonchev–Trinajstić information content (AvgIpc) is 2.73. The van der Waals surface area contributed by atoms with Gasteiger partial charge in [-0.05, 0) is 43.1 Å². The van der Waals surface area contributed by atoms with E-state index in [1.54, 1.807) is 0 Å². The first-order valence-electron chi connectivity index (χ1n) is 7.40. The van der Waals surface area contributed by atoms with Gasteiger partial charge in [-0.25, -0.2) is 0 Å². The van der Waals surface area contributed by atoms with Crippen LogP contribution in [0.15, 0.2) is 24.3 Å². The zero-order valence-corrected chi connectivity index (χ0v) is 11.2. The summed E-state index contributed by atoms with van der Waals surface area (Å²) in [6.07, 6.45) is 7.55. The van der Waals surface area contributed by atoms with Gasteiger partial charge < -0.3 is 0 Å². The van der Waals surface area contributed by atoms with Gasteiger partial charge in [0, 0.05) is 11.5 Å². The van der Waals surface area contributed by atoms with Crippen molar-refractivity contribution in [2.75, 3.05) is 0 Å². The maximum atomic E-state index is 12.4. The van der Waals surface area contributed by atoms with Crippen molar-refractivity contribution in [1.82, 2.24) is 0 Å². The minimum atomic E-state index is 0.277. The molecule has 1 aromatic rings. The second kappa shape index (κ2) is 4.87. The minimum absolute atomic E-state index is 0.277. The van der Waals surface area contributed by atoms with E-state index in [4.69, 9.17) is 0 Å². The molecule has 18 heavy (non-hydrogen) atoms. The lowest BCUT2D eigenvalue weighted by atomic mass is 9.79. The third kappa shape index (κ3) is 2.11. The van der Waals surface area contributed by atoms with Crippen molar-refractivity contribution in [2.24, 2.45) is 11.8 Å². The van der Waals surface area contributed by atoms with Crippen molar-refractivity contribution in [3.63, 3.8) is 0 Å². The molecule has 1 nitrogen and oxygen atoms in total. The maximum absolute atomic E-state index is 12.4. The van der Waals surface area contributed by atoms with E-state index in [9.17, 15) is 4.79 Å². The fourth-order valence-corrected chi connectivity index (χ4v) is 3.41. The number of hydrogen-bond donors (Lipinski definition) is 0. The van der Waals surface area contributed by atoms with Crippen LogP contribution in [0.3, 0.4) is 0 Å². The molecule has 2 saturated carbocycles. The maximum Gasteiger partial charge on any atom is 0.166 e. The van der Waals surface area contributed by atoms with E-state index in [2.05, 4.69) is 31.2 Å². The first kappa shape index (κ1) is 12.0. The van der Waals surface area contributed by atoms with Gasteiger partial charge in [-0.15, -0.1) is 0 Å². The van der Waals surface area contributed by atoms with Gasteiger partial charge in [0.25, 0.3) is 0 Å². The molecule has 3 rings (SSSR count). The highest BCUT2D eigenvalue weighted by Crippen LogP contribution is 2.37. The lowest BCUT2D eigenvalue weighted by Crippen LogP contribution is -2.17. The second-order valence-electron chi connectivity index (χ2n) is 6.13. The molecule has 1 heteroatoms. The molecule has 2 aliphatic rings. The normalized spacial score (nSPS) is 28.1. The lowest BCUT2D eigenvalue weighted by Gasteiger charge is -2.26. The monoisotopic (exact) mass is 242 g/mol. The summed E-state index contributed by atoms with van der Waals surface area (Å²) in [5.41, 5.74) is 2.36. The number of Topliss-reactive ketones (excluding diaryl/α,β-unsaturated/α-hetero) is 1. The number of benzene rings is 1. The largest absolute Gasteiger partial charge is 0.294 e. The summed E-state index contributed by atoms with van der Waals surface area (Å²) in [5.74, 6) is 1.99. The van der Waals surface area contributed by atoms with Crippen LogP contribution in [-0.4, -0.2) is 5.78 Å². The van der Waals surface area contributed by atoms with Crippen LogP contribution in [0.1, 0.15) is 67.3 Å². The highest BCUT2D eigenvalue weighted by molar-refractivity contribution is 5.98. The minimum Gasteiger partial charge on any atom is -0.294 e. The van der Waals surface area contributed by atoms with Gasteiger partial charge in [0.2, 0.25) is 0 Å². The van der Waals surface area contributed by atoms with Gasteiger partial charge in [0.15, 0.2) is 5.78 Å². The Morgan fingerprint density at radius 2 is 1.67 bits per heavy atom. The molecule has 0 aliphatic heterocycles. The summed E-state index contributed by atoms with van der Waals surface area (Å²) in [6.45, 7) is 2.22. The fraction of sp³-hybridized carbons (Fsp3) is 0.588. The van der Waals surface area contributed by atoms with Gasteiger partial charge in [-0.2, -0.15) is 0 Å². The molecule has 2 unspecified atom stereocenters. The standard InChI is InChI=1S/C17H22O/c1-12-4-2-7-16(12)17(18)15-10-8-14(9-11-15)13-5-3-6-13/h8-13,16H,2-7H2,1H3. The smallest absolute Gasteiger partial charge is 0.166 e. The van der Waals surface area contributed by atoms with Crippen LogP contribution in [-0.2, 0) is 0 Å². The number of carbonyl (C=O) groups excluding carboxylic acids is 1. The number of hydrogen-bond acceptors (Lipinski definition) is 1. The average molecular weight is 242 g/mol. The van der Waals surface area contributed by atoms with Crippen LogP contribution >= 0.6 is 0 Å². The first-order chi connectivity index (χ1) is 8.75.